The first-order valence-corrected chi connectivity index (χ1v) is 4.97. The van der Waals surface area contributed by atoms with Gasteiger partial charge in [-0.3, -0.25) is 5.84 Å². The molecule has 0 unspecified atom stereocenters. The van der Waals surface area contributed by atoms with Crippen molar-refractivity contribution in [1.29, 1.82) is 0 Å². The van der Waals surface area contributed by atoms with Crippen molar-refractivity contribution in [3.05, 3.63) is 35.9 Å². The van der Waals surface area contributed by atoms with E-state index in [1.165, 1.54) is 17.0 Å². The largest absolute Gasteiger partial charge is 1.00 e. The monoisotopic (exact) mass is 240 g/mol. The van der Waals surface area contributed by atoms with Gasteiger partial charge in [-0.1, -0.05) is 18.2 Å². The second-order valence-electron chi connectivity index (χ2n) is 2.31. The molecule has 15 heavy (non-hydrogen) atoms. The fourth-order valence-corrected chi connectivity index (χ4v) is 1.09. The zero-order valence-corrected chi connectivity index (χ0v) is 10.8. The number of hydrogen-bond acceptors (Lipinski definition) is 5. The smallest absolute Gasteiger partial charge is 1.00 e. The Bertz CT molecular complexity index is 425. The molecule has 6 nitrogen and oxygen atoms in total. The molecule has 0 spiro atoms. The van der Waals surface area contributed by atoms with E-state index in [2.05, 4.69) is 10.0 Å². The maximum Gasteiger partial charge on any atom is 1.00 e. The normalized spacial score (nSPS) is 10.2. The Labute approximate surface area is 111 Å². The summed E-state index contributed by atoms with van der Waals surface area (Å²) in [5.41, 5.74) is 0.131. The number of nitrogens with one attached hydrogen (secondary N) is 1. The van der Waals surface area contributed by atoms with Gasteiger partial charge in [0.25, 0.3) is 0 Å². The van der Waals surface area contributed by atoms with Crippen LogP contribution in [0.4, 0.5) is 0 Å². The molecule has 0 radical (unpaired) electrons. The van der Waals surface area contributed by atoms with E-state index in [0.29, 0.717) is 0 Å². The molecule has 0 aliphatic heterocycles. The predicted molar refractivity (Wildman–Crippen MR) is 49.2 cm³/mol. The summed E-state index contributed by atoms with van der Waals surface area (Å²) in [6.45, 7) is 0. The van der Waals surface area contributed by atoms with Gasteiger partial charge in [-0.25, -0.2) is 4.79 Å². The summed E-state index contributed by atoms with van der Waals surface area (Å²) >= 11 is 0. The molecular formula is C7H9N2NaO4S. The Kier molecular flexibility index (Phi) is 6.03. The molecular weight excluding hydrogens is 231 g/mol. The zero-order valence-electron chi connectivity index (χ0n) is 9.01. The molecule has 0 amide bonds. The Morgan fingerprint density at radius 1 is 1.33 bits per heavy atom. The van der Waals surface area contributed by atoms with Crippen LogP contribution in [0.2, 0.25) is 0 Å². The summed E-state index contributed by atoms with van der Waals surface area (Å²) in [5, 5.41) is 0. The standard InChI is InChI=1S/C7H8N2O4S.Na.H/c8-9-14(11,12)13-7(10)6-4-2-1-3-5-6;;/h1-5,9H,8H2;;/q;+1;-1. The number of nitrogens with two attached hydrogens (primary N) is 1. The van der Waals surface area contributed by atoms with Crippen LogP contribution in [0.25, 0.3) is 0 Å². The fraction of sp³-hybridized carbons (Fsp3) is 0. The van der Waals surface area contributed by atoms with Gasteiger partial charge in [-0.05, 0) is 12.1 Å². The molecule has 0 bridgehead atoms. The van der Waals surface area contributed by atoms with E-state index >= 15 is 0 Å². The van der Waals surface area contributed by atoms with Gasteiger partial charge in [0.2, 0.25) is 0 Å². The molecule has 0 atom stereocenters. The third kappa shape index (κ3) is 4.74. The Morgan fingerprint density at radius 2 is 1.87 bits per heavy atom. The SMILES string of the molecule is NNS(=O)(=O)OC(=O)c1ccccc1.[H-].[Na+]. The molecule has 8 heteroatoms. The van der Waals surface area contributed by atoms with Crippen LogP contribution in [0.15, 0.2) is 30.3 Å². The molecule has 0 heterocycles. The average molecular weight is 240 g/mol. The molecule has 1 rings (SSSR count). The van der Waals surface area contributed by atoms with E-state index < -0.39 is 16.3 Å². The van der Waals surface area contributed by atoms with E-state index in [0.717, 1.165) is 0 Å². The zero-order chi connectivity index (χ0) is 10.6. The maximum atomic E-state index is 11.1. The van der Waals surface area contributed by atoms with Crippen molar-refractivity contribution in [3.63, 3.8) is 0 Å². The Balaban J connectivity index is 0. The van der Waals surface area contributed by atoms with Gasteiger partial charge in [0.15, 0.2) is 0 Å². The van der Waals surface area contributed by atoms with Crippen molar-refractivity contribution in [1.82, 2.24) is 4.83 Å². The summed E-state index contributed by atoms with van der Waals surface area (Å²) in [7, 11) is -4.19. The van der Waals surface area contributed by atoms with E-state index in [1.54, 1.807) is 18.2 Å². The molecule has 1 aromatic carbocycles. The van der Waals surface area contributed by atoms with Gasteiger partial charge < -0.3 is 5.61 Å². The molecule has 0 fully saturated rings. The van der Waals surface area contributed by atoms with Crippen molar-refractivity contribution in [2.75, 3.05) is 0 Å². The quantitative estimate of drug-likeness (QED) is 0.327. The van der Waals surface area contributed by atoms with Gasteiger partial charge in [-0.15, -0.1) is 4.83 Å². The van der Waals surface area contributed by atoms with Gasteiger partial charge in [0, 0.05) is 0 Å². The van der Waals surface area contributed by atoms with Crippen LogP contribution < -0.4 is 40.2 Å². The van der Waals surface area contributed by atoms with E-state index in [-0.39, 0.29) is 36.5 Å². The molecule has 1 aromatic rings. The maximum absolute atomic E-state index is 11.1. The van der Waals surface area contributed by atoms with Crippen LogP contribution in [0.3, 0.4) is 0 Å². The van der Waals surface area contributed by atoms with Crippen molar-refractivity contribution in [2.45, 2.75) is 0 Å². The van der Waals surface area contributed by atoms with Crippen LogP contribution in [0.1, 0.15) is 11.8 Å². The number of hydrazine groups is 1. The van der Waals surface area contributed by atoms with Crippen molar-refractivity contribution >= 4 is 16.3 Å². The fourth-order valence-electron chi connectivity index (χ4n) is 0.746. The minimum atomic E-state index is -4.19. The van der Waals surface area contributed by atoms with E-state index in [1.807, 2.05) is 0 Å². The molecule has 3 N–H and O–H groups in total. The molecule has 0 aromatic heterocycles. The van der Waals surface area contributed by atoms with E-state index in [9.17, 15) is 13.2 Å². The summed E-state index contributed by atoms with van der Waals surface area (Å²) < 4.78 is 25.5. The average Bonchev–Trinajstić information content (AvgIpc) is 2.19. The molecule has 0 saturated carbocycles. The second kappa shape index (κ2) is 6.21. The predicted octanol–water partition coefficient (Wildman–Crippen LogP) is -3.33. The van der Waals surface area contributed by atoms with Crippen LogP contribution in [0.5, 0.6) is 0 Å². The van der Waals surface area contributed by atoms with Crippen LogP contribution in [0, 0.1) is 0 Å². The number of hydrogen-bond donors (Lipinski definition) is 2. The molecule has 0 aliphatic rings. The third-order valence-corrected chi connectivity index (χ3v) is 2.00. The molecule has 0 saturated heterocycles. The van der Waals surface area contributed by atoms with Gasteiger partial charge >= 0.3 is 45.8 Å². The summed E-state index contributed by atoms with van der Waals surface area (Å²) in [6.07, 6.45) is 0. The summed E-state index contributed by atoms with van der Waals surface area (Å²) in [6, 6.07) is 7.70. The van der Waals surface area contributed by atoms with Gasteiger partial charge in [0.1, 0.15) is 0 Å². The van der Waals surface area contributed by atoms with E-state index in [4.69, 9.17) is 0 Å². The first-order chi connectivity index (χ1) is 6.55. The topological polar surface area (TPSA) is 98.5 Å². The van der Waals surface area contributed by atoms with Crippen molar-refractivity contribution in [2.24, 2.45) is 5.84 Å². The number of carbonyl (C=O) groups excluding carboxylic acids is 1. The number of benzene rings is 1. The Hall–Kier alpha value is -0.440. The molecule has 0 aliphatic carbocycles. The first kappa shape index (κ1) is 14.6. The second-order valence-corrected chi connectivity index (χ2v) is 3.62. The molecule has 78 valence electrons. The van der Waals surface area contributed by atoms with Crippen molar-refractivity contribution in [3.8, 4) is 0 Å². The Morgan fingerprint density at radius 3 is 2.33 bits per heavy atom. The minimum Gasteiger partial charge on any atom is -1.00 e. The van der Waals surface area contributed by atoms with Crippen LogP contribution in [-0.4, -0.2) is 14.4 Å². The number of carbonyl (C=O) groups is 1. The third-order valence-electron chi connectivity index (χ3n) is 1.34. The van der Waals surface area contributed by atoms with Gasteiger partial charge in [0.05, 0.1) is 5.56 Å². The van der Waals surface area contributed by atoms with Crippen LogP contribution >= 0.6 is 0 Å². The van der Waals surface area contributed by atoms with Crippen molar-refractivity contribution < 1.29 is 48.4 Å². The van der Waals surface area contributed by atoms with Gasteiger partial charge in [-0.2, -0.15) is 8.42 Å². The summed E-state index contributed by atoms with van der Waals surface area (Å²) in [5.74, 6) is 3.63. The first-order valence-electron chi connectivity index (χ1n) is 3.56. The minimum absolute atomic E-state index is 0. The summed E-state index contributed by atoms with van der Waals surface area (Å²) in [4.78, 5) is 12.5. The number of rotatable bonds is 3. The van der Waals surface area contributed by atoms with Crippen LogP contribution in [-0.2, 0) is 14.5 Å².